The summed E-state index contributed by atoms with van der Waals surface area (Å²) in [7, 11) is 0. The Morgan fingerprint density at radius 2 is 1.87 bits per heavy atom. The van der Waals surface area contributed by atoms with Crippen LogP contribution in [0.15, 0.2) is 84.2 Å². The normalized spacial score (nSPS) is 10.2. The summed E-state index contributed by atoms with van der Waals surface area (Å²) < 4.78 is 6.84. The van der Waals surface area contributed by atoms with Crippen molar-refractivity contribution in [2.45, 2.75) is 13.1 Å². The van der Waals surface area contributed by atoms with Crippen LogP contribution in [-0.4, -0.2) is 33.7 Å². The fourth-order valence-corrected chi connectivity index (χ4v) is 2.93. The maximum atomic E-state index is 13.0. The molecule has 31 heavy (non-hydrogen) atoms. The molecule has 3 rings (SSSR count). The van der Waals surface area contributed by atoms with Crippen LogP contribution in [0.2, 0.25) is 0 Å². The van der Waals surface area contributed by atoms with Crippen molar-refractivity contribution in [2.24, 2.45) is 0 Å². The first-order chi connectivity index (χ1) is 15.1. The van der Waals surface area contributed by atoms with Gasteiger partial charge < -0.3 is 9.64 Å². The van der Waals surface area contributed by atoms with Gasteiger partial charge in [-0.15, -0.1) is 6.58 Å². The standard InChI is InChI=1S/C24H22N4O3/c1-2-14-27(18-20-10-8-19(17-25)9-11-20)24(30)22-12-13-23(29)28(26-22)15-16-31-21-6-4-3-5-7-21/h2-13H,1,14-16,18H2. The average molecular weight is 414 g/mol. The maximum absolute atomic E-state index is 13.0. The van der Waals surface area contributed by atoms with Crippen LogP contribution in [-0.2, 0) is 13.1 Å². The van der Waals surface area contributed by atoms with Crippen LogP contribution in [0.3, 0.4) is 0 Å². The number of nitriles is 1. The van der Waals surface area contributed by atoms with E-state index in [-0.39, 0.29) is 30.3 Å². The maximum Gasteiger partial charge on any atom is 0.274 e. The summed E-state index contributed by atoms with van der Waals surface area (Å²) in [6, 6.07) is 21.1. The number of rotatable bonds is 9. The van der Waals surface area contributed by atoms with Crippen molar-refractivity contribution < 1.29 is 9.53 Å². The van der Waals surface area contributed by atoms with Crippen LogP contribution < -0.4 is 10.3 Å². The first kappa shape index (κ1) is 21.5. The van der Waals surface area contributed by atoms with Gasteiger partial charge in [0.05, 0.1) is 18.2 Å². The largest absolute Gasteiger partial charge is 0.492 e. The average Bonchev–Trinajstić information content (AvgIpc) is 2.81. The molecule has 1 aromatic heterocycles. The summed E-state index contributed by atoms with van der Waals surface area (Å²) in [5.74, 6) is 0.379. The van der Waals surface area contributed by atoms with Gasteiger partial charge in [-0.2, -0.15) is 10.4 Å². The highest BCUT2D eigenvalue weighted by atomic mass is 16.5. The molecule has 0 fully saturated rings. The summed E-state index contributed by atoms with van der Waals surface area (Å²) in [6.45, 7) is 4.82. The van der Waals surface area contributed by atoms with Gasteiger partial charge in [-0.3, -0.25) is 9.59 Å². The number of benzene rings is 2. The minimum Gasteiger partial charge on any atom is -0.492 e. The Bertz CT molecular complexity index is 1130. The molecular formula is C24H22N4O3. The van der Waals surface area contributed by atoms with Gasteiger partial charge in [-0.25, -0.2) is 4.68 Å². The second kappa shape index (κ2) is 10.6. The van der Waals surface area contributed by atoms with Gasteiger partial charge in [-0.1, -0.05) is 36.4 Å². The zero-order chi connectivity index (χ0) is 22.1. The van der Waals surface area contributed by atoms with E-state index >= 15 is 0 Å². The molecule has 0 spiro atoms. The molecule has 0 aliphatic carbocycles. The number of ether oxygens (including phenoxy) is 1. The molecule has 0 saturated carbocycles. The SMILES string of the molecule is C=CCN(Cc1ccc(C#N)cc1)C(=O)c1ccc(=O)n(CCOc2ccccc2)n1. The molecule has 0 bridgehead atoms. The Balaban J connectivity index is 1.71. The number of amides is 1. The van der Waals surface area contributed by atoms with E-state index in [1.54, 1.807) is 35.2 Å². The molecule has 1 heterocycles. The molecule has 0 saturated heterocycles. The van der Waals surface area contributed by atoms with E-state index in [4.69, 9.17) is 10.00 Å². The zero-order valence-corrected chi connectivity index (χ0v) is 17.0. The Morgan fingerprint density at radius 3 is 2.55 bits per heavy atom. The van der Waals surface area contributed by atoms with E-state index in [1.165, 1.54) is 16.8 Å². The Labute approximate surface area is 180 Å². The molecule has 1 amide bonds. The molecule has 0 unspecified atom stereocenters. The van der Waals surface area contributed by atoms with Crippen LogP contribution in [0.4, 0.5) is 0 Å². The van der Waals surface area contributed by atoms with Gasteiger partial charge in [0.15, 0.2) is 0 Å². The third kappa shape index (κ3) is 5.90. The van der Waals surface area contributed by atoms with E-state index in [2.05, 4.69) is 17.7 Å². The Hall–Kier alpha value is -4.18. The molecule has 0 radical (unpaired) electrons. The Kier molecular flexibility index (Phi) is 7.33. The number of aromatic nitrogens is 2. The summed E-state index contributed by atoms with van der Waals surface area (Å²) in [4.78, 5) is 26.8. The van der Waals surface area contributed by atoms with Crippen LogP contribution in [0.25, 0.3) is 0 Å². The van der Waals surface area contributed by atoms with Crippen LogP contribution >= 0.6 is 0 Å². The molecule has 156 valence electrons. The van der Waals surface area contributed by atoms with Crippen molar-refractivity contribution in [1.82, 2.24) is 14.7 Å². The van der Waals surface area contributed by atoms with Gasteiger partial charge in [0, 0.05) is 19.2 Å². The topological polar surface area (TPSA) is 88.2 Å². The van der Waals surface area contributed by atoms with Crippen molar-refractivity contribution >= 4 is 5.91 Å². The summed E-state index contributed by atoms with van der Waals surface area (Å²) in [5, 5.41) is 13.2. The van der Waals surface area contributed by atoms with Crippen molar-refractivity contribution in [3.8, 4) is 11.8 Å². The minimum atomic E-state index is -0.318. The lowest BCUT2D eigenvalue weighted by molar-refractivity contribution is 0.0753. The molecular weight excluding hydrogens is 392 g/mol. The van der Waals surface area contributed by atoms with Crippen LogP contribution in [0.1, 0.15) is 21.6 Å². The quantitative estimate of drug-likeness (QED) is 0.502. The van der Waals surface area contributed by atoms with Crippen molar-refractivity contribution in [3.05, 3.63) is 107 Å². The number of nitrogens with zero attached hydrogens (tertiary/aromatic N) is 4. The zero-order valence-electron chi connectivity index (χ0n) is 17.0. The molecule has 0 N–H and O–H groups in total. The second-order valence-corrected chi connectivity index (χ2v) is 6.72. The van der Waals surface area contributed by atoms with Gasteiger partial charge >= 0.3 is 0 Å². The van der Waals surface area contributed by atoms with E-state index < -0.39 is 0 Å². The monoisotopic (exact) mass is 414 g/mol. The van der Waals surface area contributed by atoms with E-state index in [9.17, 15) is 9.59 Å². The lowest BCUT2D eigenvalue weighted by Crippen LogP contribution is -2.34. The van der Waals surface area contributed by atoms with E-state index in [0.29, 0.717) is 24.4 Å². The van der Waals surface area contributed by atoms with Crippen molar-refractivity contribution in [2.75, 3.05) is 13.2 Å². The molecule has 7 heteroatoms. The number of carbonyl (C=O) groups is 1. The van der Waals surface area contributed by atoms with Gasteiger partial charge in [0.1, 0.15) is 18.1 Å². The summed E-state index contributed by atoms with van der Waals surface area (Å²) in [5.41, 5.74) is 1.28. The van der Waals surface area contributed by atoms with Gasteiger partial charge in [0.25, 0.3) is 11.5 Å². The molecule has 2 aromatic carbocycles. The molecule has 0 aliphatic rings. The lowest BCUT2D eigenvalue weighted by Gasteiger charge is -2.21. The Morgan fingerprint density at radius 1 is 1.13 bits per heavy atom. The highest BCUT2D eigenvalue weighted by molar-refractivity contribution is 5.92. The molecule has 7 nitrogen and oxygen atoms in total. The molecule has 0 atom stereocenters. The highest BCUT2D eigenvalue weighted by Crippen LogP contribution is 2.11. The second-order valence-electron chi connectivity index (χ2n) is 6.72. The van der Waals surface area contributed by atoms with Crippen LogP contribution in [0.5, 0.6) is 5.75 Å². The van der Waals surface area contributed by atoms with Crippen LogP contribution in [0, 0.1) is 11.3 Å². The predicted octanol–water partition coefficient (Wildman–Crippen LogP) is 3.02. The van der Waals surface area contributed by atoms with Crippen molar-refractivity contribution in [3.63, 3.8) is 0 Å². The first-order valence-electron chi connectivity index (χ1n) is 9.76. The molecule has 3 aromatic rings. The van der Waals surface area contributed by atoms with Crippen molar-refractivity contribution in [1.29, 1.82) is 5.26 Å². The predicted molar refractivity (Wildman–Crippen MR) is 117 cm³/mol. The molecule has 0 aliphatic heterocycles. The third-order valence-electron chi connectivity index (χ3n) is 4.49. The number of para-hydroxylation sites is 1. The number of hydrogen-bond acceptors (Lipinski definition) is 5. The lowest BCUT2D eigenvalue weighted by atomic mass is 10.1. The first-order valence-corrected chi connectivity index (χ1v) is 9.76. The minimum absolute atomic E-state index is 0.162. The summed E-state index contributed by atoms with van der Waals surface area (Å²) in [6.07, 6.45) is 1.63. The van der Waals surface area contributed by atoms with E-state index in [1.807, 2.05) is 30.3 Å². The highest BCUT2D eigenvalue weighted by Gasteiger charge is 2.18. The fraction of sp³-hybridized carbons (Fsp3) is 0.167. The van der Waals surface area contributed by atoms with E-state index in [0.717, 1.165) is 5.56 Å². The summed E-state index contributed by atoms with van der Waals surface area (Å²) >= 11 is 0. The third-order valence-corrected chi connectivity index (χ3v) is 4.49. The number of hydrogen-bond donors (Lipinski definition) is 0. The van der Waals surface area contributed by atoms with Gasteiger partial charge in [0.2, 0.25) is 0 Å². The smallest absolute Gasteiger partial charge is 0.274 e. The fourth-order valence-electron chi connectivity index (χ4n) is 2.93. The number of carbonyl (C=O) groups excluding carboxylic acids is 1. The van der Waals surface area contributed by atoms with Gasteiger partial charge in [-0.05, 0) is 35.9 Å².